The van der Waals surface area contributed by atoms with Gasteiger partial charge in [0.25, 0.3) is 5.91 Å². The monoisotopic (exact) mass is 299 g/mol. The number of hydrogen-bond acceptors (Lipinski definition) is 2. The van der Waals surface area contributed by atoms with Crippen molar-refractivity contribution >= 4 is 23.3 Å². The minimum atomic E-state index is -0.103. The van der Waals surface area contributed by atoms with Gasteiger partial charge in [0, 0.05) is 29.1 Å². The van der Waals surface area contributed by atoms with Crippen molar-refractivity contribution in [3.05, 3.63) is 69.7 Å². The molecule has 4 heteroatoms. The van der Waals surface area contributed by atoms with Gasteiger partial charge in [0.1, 0.15) is 0 Å². The van der Waals surface area contributed by atoms with Crippen molar-refractivity contribution in [3.63, 3.8) is 0 Å². The molecule has 3 nitrogen and oxygen atoms in total. The summed E-state index contributed by atoms with van der Waals surface area (Å²) in [5.74, 6) is -0.118. The van der Waals surface area contributed by atoms with Crippen molar-refractivity contribution in [1.82, 2.24) is 5.32 Å². The van der Waals surface area contributed by atoms with Crippen LogP contribution in [0.2, 0.25) is 5.02 Å². The molecule has 2 aromatic rings. The van der Waals surface area contributed by atoms with E-state index in [4.69, 9.17) is 11.6 Å². The van der Waals surface area contributed by atoms with Gasteiger partial charge >= 0.3 is 0 Å². The Labute approximate surface area is 127 Å². The Hall–Kier alpha value is -2.13. The van der Waals surface area contributed by atoms with Crippen molar-refractivity contribution in [2.45, 2.75) is 12.8 Å². The molecule has 0 fully saturated rings. The van der Waals surface area contributed by atoms with Crippen LogP contribution in [-0.2, 0) is 12.8 Å². The fourth-order valence-corrected chi connectivity index (χ4v) is 2.73. The Balaban J connectivity index is 1.85. The van der Waals surface area contributed by atoms with Crippen LogP contribution in [0.25, 0.3) is 0 Å². The zero-order chi connectivity index (χ0) is 14.8. The molecular weight excluding hydrogens is 286 g/mol. The van der Waals surface area contributed by atoms with Crippen LogP contribution in [0.1, 0.15) is 31.8 Å². The maximum atomic E-state index is 12.3. The normalized spacial score (nSPS) is 13.5. The summed E-state index contributed by atoms with van der Waals surface area (Å²) in [6, 6.07) is 12.6. The standard InChI is InChI=1S/C17H14ClNO2/c18-14-3-1-2-11(8-14)9-16(20)13-5-4-12-6-7-19-17(21)15(12)10-13/h1-5,8,10H,6-7,9H2,(H,19,21). The lowest BCUT2D eigenvalue weighted by Gasteiger charge is -2.16. The van der Waals surface area contributed by atoms with Crippen LogP contribution in [0.4, 0.5) is 0 Å². The van der Waals surface area contributed by atoms with Crippen molar-refractivity contribution in [2.24, 2.45) is 0 Å². The van der Waals surface area contributed by atoms with Crippen LogP contribution in [0.15, 0.2) is 42.5 Å². The fourth-order valence-electron chi connectivity index (χ4n) is 2.52. The number of carbonyl (C=O) groups excluding carboxylic acids is 2. The van der Waals surface area contributed by atoms with Crippen molar-refractivity contribution < 1.29 is 9.59 Å². The van der Waals surface area contributed by atoms with Crippen LogP contribution in [0.3, 0.4) is 0 Å². The highest BCUT2D eigenvalue weighted by atomic mass is 35.5. The Morgan fingerprint density at radius 1 is 1.19 bits per heavy atom. The first-order valence-corrected chi connectivity index (χ1v) is 7.20. The van der Waals surface area contributed by atoms with Crippen molar-refractivity contribution in [3.8, 4) is 0 Å². The lowest BCUT2D eigenvalue weighted by atomic mass is 9.95. The van der Waals surface area contributed by atoms with Gasteiger partial charge in [0.05, 0.1) is 0 Å². The van der Waals surface area contributed by atoms with E-state index in [-0.39, 0.29) is 18.1 Å². The second-order valence-corrected chi connectivity index (χ2v) is 5.54. The number of fused-ring (bicyclic) bond motifs is 1. The first-order valence-electron chi connectivity index (χ1n) is 6.82. The quantitative estimate of drug-likeness (QED) is 0.886. The molecule has 1 aliphatic heterocycles. The topological polar surface area (TPSA) is 46.2 Å². The Bertz CT molecular complexity index is 724. The summed E-state index contributed by atoms with van der Waals surface area (Å²) in [7, 11) is 0. The van der Waals surface area contributed by atoms with Gasteiger partial charge in [-0.15, -0.1) is 0 Å². The molecule has 0 bridgehead atoms. The summed E-state index contributed by atoms with van der Waals surface area (Å²) in [5, 5.41) is 3.41. The maximum absolute atomic E-state index is 12.3. The van der Waals surface area contributed by atoms with E-state index in [0.717, 1.165) is 17.5 Å². The molecule has 106 valence electrons. The van der Waals surface area contributed by atoms with Crippen LogP contribution in [0.5, 0.6) is 0 Å². The highest BCUT2D eigenvalue weighted by molar-refractivity contribution is 6.30. The Kier molecular flexibility index (Phi) is 3.76. The molecule has 2 aromatic carbocycles. The molecule has 0 aromatic heterocycles. The van der Waals surface area contributed by atoms with E-state index in [2.05, 4.69) is 5.32 Å². The number of benzene rings is 2. The third kappa shape index (κ3) is 2.98. The average Bonchev–Trinajstić information content (AvgIpc) is 2.47. The molecule has 0 atom stereocenters. The highest BCUT2D eigenvalue weighted by Gasteiger charge is 2.18. The predicted molar refractivity (Wildman–Crippen MR) is 82.0 cm³/mol. The number of halogens is 1. The second kappa shape index (κ2) is 5.70. The van der Waals surface area contributed by atoms with E-state index in [9.17, 15) is 9.59 Å². The third-order valence-corrected chi connectivity index (χ3v) is 3.85. The molecule has 3 rings (SSSR count). The zero-order valence-corrected chi connectivity index (χ0v) is 12.1. The van der Waals surface area contributed by atoms with Crippen LogP contribution >= 0.6 is 11.6 Å². The molecule has 1 heterocycles. The lowest BCUT2D eigenvalue weighted by molar-refractivity contribution is 0.0946. The minimum absolute atomic E-state index is 0.0153. The molecule has 1 aliphatic rings. The van der Waals surface area contributed by atoms with E-state index >= 15 is 0 Å². The SMILES string of the molecule is O=C(Cc1cccc(Cl)c1)c1ccc2c(c1)C(=O)NCC2. The number of nitrogens with one attached hydrogen (secondary N) is 1. The molecule has 0 aliphatic carbocycles. The molecule has 0 spiro atoms. The van der Waals surface area contributed by atoms with E-state index in [1.807, 2.05) is 18.2 Å². The molecular formula is C17H14ClNO2. The summed E-state index contributed by atoms with van der Waals surface area (Å²) in [5.41, 5.74) is 3.04. The van der Waals surface area contributed by atoms with Gasteiger partial charge < -0.3 is 5.32 Å². The summed E-state index contributed by atoms with van der Waals surface area (Å²) in [4.78, 5) is 24.2. The third-order valence-electron chi connectivity index (χ3n) is 3.61. The zero-order valence-electron chi connectivity index (χ0n) is 11.4. The van der Waals surface area contributed by atoms with Gasteiger partial charge in [-0.3, -0.25) is 9.59 Å². The summed E-state index contributed by atoms with van der Waals surface area (Å²) >= 11 is 5.92. The minimum Gasteiger partial charge on any atom is -0.352 e. The van der Waals surface area contributed by atoms with Gasteiger partial charge in [-0.1, -0.05) is 35.9 Å². The average molecular weight is 300 g/mol. The predicted octanol–water partition coefficient (Wildman–Crippen LogP) is 3.05. The van der Waals surface area contributed by atoms with Crippen LogP contribution in [0, 0.1) is 0 Å². The first-order chi connectivity index (χ1) is 10.1. The largest absolute Gasteiger partial charge is 0.352 e. The van der Waals surface area contributed by atoms with E-state index in [1.165, 1.54) is 0 Å². The highest BCUT2D eigenvalue weighted by Crippen LogP contribution is 2.18. The summed E-state index contributed by atoms with van der Waals surface area (Å²) in [6.45, 7) is 0.654. The smallest absolute Gasteiger partial charge is 0.251 e. The number of rotatable bonds is 3. The van der Waals surface area contributed by atoms with Gasteiger partial charge in [-0.2, -0.15) is 0 Å². The van der Waals surface area contributed by atoms with Gasteiger partial charge in [-0.25, -0.2) is 0 Å². The van der Waals surface area contributed by atoms with Crippen LogP contribution < -0.4 is 5.32 Å². The maximum Gasteiger partial charge on any atom is 0.251 e. The Morgan fingerprint density at radius 2 is 2.05 bits per heavy atom. The summed E-state index contributed by atoms with van der Waals surface area (Å²) in [6.07, 6.45) is 1.09. The molecule has 0 radical (unpaired) electrons. The van der Waals surface area contributed by atoms with Gasteiger partial charge in [-0.05, 0) is 35.7 Å². The molecule has 0 saturated carbocycles. The first kappa shape index (κ1) is 13.8. The van der Waals surface area contributed by atoms with Crippen LogP contribution in [-0.4, -0.2) is 18.2 Å². The molecule has 21 heavy (non-hydrogen) atoms. The van der Waals surface area contributed by atoms with Gasteiger partial charge in [0.15, 0.2) is 5.78 Å². The second-order valence-electron chi connectivity index (χ2n) is 5.11. The summed E-state index contributed by atoms with van der Waals surface area (Å²) < 4.78 is 0. The van der Waals surface area contributed by atoms with E-state index in [1.54, 1.807) is 24.3 Å². The fraction of sp³-hybridized carbons (Fsp3) is 0.176. The number of ketones is 1. The molecule has 1 N–H and O–H groups in total. The number of hydrogen-bond donors (Lipinski definition) is 1. The number of amides is 1. The molecule has 0 unspecified atom stereocenters. The molecule has 0 saturated heterocycles. The van der Waals surface area contributed by atoms with Crippen molar-refractivity contribution in [1.29, 1.82) is 0 Å². The van der Waals surface area contributed by atoms with E-state index in [0.29, 0.717) is 22.7 Å². The van der Waals surface area contributed by atoms with E-state index < -0.39 is 0 Å². The van der Waals surface area contributed by atoms with Gasteiger partial charge in [0.2, 0.25) is 0 Å². The number of Topliss-reactive ketones (excluding diaryl/α,β-unsaturated/α-hetero) is 1. The lowest BCUT2D eigenvalue weighted by Crippen LogP contribution is -2.32. The Morgan fingerprint density at radius 3 is 2.86 bits per heavy atom. The molecule has 1 amide bonds. The number of carbonyl (C=O) groups is 2. The van der Waals surface area contributed by atoms with Crippen molar-refractivity contribution in [2.75, 3.05) is 6.54 Å².